The van der Waals surface area contributed by atoms with Crippen LogP contribution in [0.1, 0.15) is 12.5 Å². The van der Waals surface area contributed by atoms with E-state index in [-0.39, 0.29) is 11.8 Å². The van der Waals surface area contributed by atoms with Gasteiger partial charge in [0, 0.05) is 23.6 Å². The molecule has 1 amide bonds. The highest BCUT2D eigenvalue weighted by molar-refractivity contribution is 5.86. The highest BCUT2D eigenvalue weighted by Crippen LogP contribution is 2.18. The van der Waals surface area contributed by atoms with Gasteiger partial charge in [-0.15, -0.1) is 0 Å². The molecule has 0 saturated carbocycles. The van der Waals surface area contributed by atoms with Gasteiger partial charge in [0.15, 0.2) is 0 Å². The molecular weight excluding hydrogens is 252 g/mol. The van der Waals surface area contributed by atoms with Gasteiger partial charge in [-0.05, 0) is 25.0 Å². The van der Waals surface area contributed by atoms with Crippen LogP contribution >= 0.6 is 0 Å². The van der Waals surface area contributed by atoms with Crippen LogP contribution in [0.25, 0.3) is 10.9 Å². The predicted molar refractivity (Wildman–Crippen MR) is 77.8 cm³/mol. The number of amides is 1. The maximum Gasteiger partial charge on any atom is 0.237 e. The van der Waals surface area contributed by atoms with Crippen molar-refractivity contribution in [1.82, 2.24) is 10.3 Å². The number of nitrogens with one attached hydrogen (secondary N) is 2. The molecule has 0 spiro atoms. The smallest absolute Gasteiger partial charge is 0.237 e. The molecule has 1 aromatic carbocycles. The number of carbonyl (C=O) groups excluding carboxylic acids is 1. The molecule has 2 rings (SSSR count). The number of nitriles is 1. The highest BCUT2D eigenvalue weighted by Gasteiger charge is 2.16. The Morgan fingerprint density at radius 2 is 2.25 bits per heavy atom. The monoisotopic (exact) mass is 270 g/mol. The summed E-state index contributed by atoms with van der Waals surface area (Å²) in [5, 5.41) is 12.5. The van der Waals surface area contributed by atoms with Gasteiger partial charge in [-0.1, -0.05) is 18.2 Å². The first-order valence-corrected chi connectivity index (χ1v) is 6.59. The van der Waals surface area contributed by atoms with Crippen LogP contribution in [0.15, 0.2) is 30.5 Å². The fourth-order valence-electron chi connectivity index (χ4n) is 2.06. The van der Waals surface area contributed by atoms with Crippen LogP contribution < -0.4 is 11.1 Å². The van der Waals surface area contributed by atoms with Gasteiger partial charge in [-0.2, -0.15) is 5.26 Å². The second-order valence-corrected chi connectivity index (χ2v) is 4.95. The van der Waals surface area contributed by atoms with Crippen LogP contribution in [0.3, 0.4) is 0 Å². The second kappa shape index (κ2) is 6.22. The van der Waals surface area contributed by atoms with Crippen molar-refractivity contribution in [3.05, 3.63) is 36.0 Å². The van der Waals surface area contributed by atoms with E-state index in [0.717, 1.165) is 16.5 Å². The molecule has 0 aliphatic carbocycles. The molecular formula is C15H18N4O. The Morgan fingerprint density at radius 3 is 3.00 bits per heavy atom. The molecule has 1 aromatic heterocycles. The molecule has 104 valence electrons. The first kappa shape index (κ1) is 14.1. The fourth-order valence-corrected chi connectivity index (χ4v) is 2.06. The molecule has 1 heterocycles. The molecule has 2 aromatic rings. The molecule has 1 unspecified atom stereocenters. The van der Waals surface area contributed by atoms with E-state index in [1.807, 2.05) is 30.5 Å². The van der Waals surface area contributed by atoms with Gasteiger partial charge in [0.05, 0.1) is 18.0 Å². The number of hydrogen-bond acceptors (Lipinski definition) is 3. The summed E-state index contributed by atoms with van der Waals surface area (Å²) in [5.74, 6) is -0.434. The second-order valence-electron chi connectivity index (χ2n) is 4.95. The maximum atomic E-state index is 11.9. The number of hydrogen-bond donors (Lipinski definition) is 3. The molecule has 0 saturated heterocycles. The Kier molecular flexibility index (Phi) is 4.38. The van der Waals surface area contributed by atoms with Crippen molar-refractivity contribution in [3.63, 3.8) is 0 Å². The van der Waals surface area contributed by atoms with Crippen molar-refractivity contribution >= 4 is 16.8 Å². The Morgan fingerprint density at radius 1 is 1.50 bits per heavy atom. The summed E-state index contributed by atoms with van der Waals surface area (Å²) in [5.41, 5.74) is 7.98. The number of fused-ring (bicyclic) bond motifs is 1. The quantitative estimate of drug-likeness (QED) is 0.764. The topological polar surface area (TPSA) is 94.7 Å². The summed E-state index contributed by atoms with van der Waals surface area (Å²) in [7, 11) is 0. The van der Waals surface area contributed by atoms with Crippen LogP contribution in [0.5, 0.6) is 0 Å². The number of aromatic nitrogens is 1. The van der Waals surface area contributed by atoms with E-state index in [1.165, 1.54) is 0 Å². The number of carbonyl (C=O) groups is 1. The van der Waals surface area contributed by atoms with Crippen molar-refractivity contribution in [2.75, 3.05) is 6.54 Å². The molecule has 20 heavy (non-hydrogen) atoms. The van der Waals surface area contributed by atoms with Crippen molar-refractivity contribution in [2.24, 2.45) is 11.7 Å². The molecule has 4 N–H and O–H groups in total. The standard InChI is InChI=1S/C15H18N4O/c1-10(7-16)8-19-15(20)13(17)6-11-9-18-14-5-3-2-4-12(11)14/h2-5,9-10,13,18H,6,8,17H2,1H3,(H,19,20)/t10?,13-/m1/s1. The molecule has 2 atom stereocenters. The van der Waals surface area contributed by atoms with Gasteiger partial charge in [-0.25, -0.2) is 0 Å². The first-order chi connectivity index (χ1) is 9.61. The summed E-state index contributed by atoms with van der Waals surface area (Å²) in [6.45, 7) is 2.09. The van der Waals surface area contributed by atoms with Crippen molar-refractivity contribution in [2.45, 2.75) is 19.4 Å². The van der Waals surface area contributed by atoms with Crippen LogP contribution in [-0.4, -0.2) is 23.5 Å². The first-order valence-electron chi connectivity index (χ1n) is 6.59. The van der Waals surface area contributed by atoms with Crippen molar-refractivity contribution in [1.29, 1.82) is 5.26 Å². The van der Waals surface area contributed by atoms with Gasteiger partial charge in [0.2, 0.25) is 5.91 Å². The molecule has 0 aliphatic heterocycles. The van der Waals surface area contributed by atoms with Crippen LogP contribution in [0.4, 0.5) is 0 Å². The Balaban J connectivity index is 1.99. The minimum atomic E-state index is -0.611. The minimum absolute atomic E-state index is 0.209. The van der Waals surface area contributed by atoms with Crippen LogP contribution in [0, 0.1) is 17.2 Å². The number of H-pyrrole nitrogens is 1. The van der Waals surface area contributed by atoms with Gasteiger partial charge in [-0.3, -0.25) is 4.79 Å². The molecule has 0 bridgehead atoms. The number of nitrogens with two attached hydrogens (primary N) is 1. The lowest BCUT2D eigenvalue weighted by atomic mass is 10.0. The maximum absolute atomic E-state index is 11.9. The van der Waals surface area contributed by atoms with Gasteiger partial charge in [0.25, 0.3) is 0 Å². The lowest BCUT2D eigenvalue weighted by Crippen LogP contribution is -2.43. The fraction of sp³-hybridized carbons (Fsp3) is 0.333. The summed E-state index contributed by atoms with van der Waals surface area (Å²) >= 11 is 0. The van der Waals surface area contributed by atoms with Gasteiger partial charge < -0.3 is 16.0 Å². The van der Waals surface area contributed by atoms with E-state index in [1.54, 1.807) is 6.92 Å². The van der Waals surface area contributed by atoms with E-state index in [9.17, 15) is 4.79 Å². The van der Waals surface area contributed by atoms with Gasteiger partial charge in [0.1, 0.15) is 0 Å². The largest absolute Gasteiger partial charge is 0.361 e. The number of benzene rings is 1. The molecule has 5 heteroatoms. The number of rotatable bonds is 5. The predicted octanol–water partition coefficient (Wildman–Crippen LogP) is 1.31. The highest BCUT2D eigenvalue weighted by atomic mass is 16.2. The Hall–Kier alpha value is -2.32. The van der Waals surface area contributed by atoms with E-state index in [4.69, 9.17) is 11.0 Å². The van der Waals surface area contributed by atoms with Gasteiger partial charge >= 0.3 is 0 Å². The zero-order valence-electron chi connectivity index (χ0n) is 11.4. The summed E-state index contributed by atoms with van der Waals surface area (Å²) in [6, 6.07) is 9.36. The minimum Gasteiger partial charge on any atom is -0.361 e. The summed E-state index contributed by atoms with van der Waals surface area (Å²) in [4.78, 5) is 15.0. The summed E-state index contributed by atoms with van der Waals surface area (Å²) < 4.78 is 0. The van der Waals surface area contributed by atoms with E-state index in [2.05, 4.69) is 16.4 Å². The average molecular weight is 270 g/mol. The number of para-hydroxylation sites is 1. The third kappa shape index (κ3) is 3.16. The summed E-state index contributed by atoms with van der Waals surface area (Å²) in [6.07, 6.45) is 2.35. The van der Waals surface area contributed by atoms with Crippen molar-refractivity contribution in [3.8, 4) is 6.07 Å². The molecule has 0 aliphatic rings. The van der Waals surface area contributed by atoms with E-state index < -0.39 is 6.04 Å². The molecule has 0 radical (unpaired) electrons. The lowest BCUT2D eigenvalue weighted by molar-refractivity contribution is -0.122. The SMILES string of the molecule is CC(C#N)CNC(=O)[C@H](N)Cc1c[nH]c2ccccc12. The van der Waals surface area contributed by atoms with Crippen LogP contribution in [-0.2, 0) is 11.2 Å². The zero-order chi connectivity index (χ0) is 14.5. The number of aromatic amines is 1. The van der Waals surface area contributed by atoms with E-state index in [0.29, 0.717) is 13.0 Å². The Bertz CT molecular complexity index is 641. The number of nitrogens with zero attached hydrogens (tertiary/aromatic N) is 1. The average Bonchev–Trinajstić information content (AvgIpc) is 2.87. The Labute approximate surface area is 117 Å². The zero-order valence-corrected chi connectivity index (χ0v) is 11.4. The third-order valence-electron chi connectivity index (χ3n) is 3.25. The van der Waals surface area contributed by atoms with Crippen LogP contribution in [0.2, 0.25) is 0 Å². The molecule has 5 nitrogen and oxygen atoms in total. The molecule has 0 fully saturated rings. The lowest BCUT2D eigenvalue weighted by Gasteiger charge is -2.12. The van der Waals surface area contributed by atoms with Crippen molar-refractivity contribution < 1.29 is 4.79 Å². The normalized spacial score (nSPS) is 13.7. The third-order valence-corrected chi connectivity index (χ3v) is 3.25. The van der Waals surface area contributed by atoms with E-state index >= 15 is 0 Å².